The van der Waals surface area contributed by atoms with Gasteiger partial charge in [0.15, 0.2) is 11.5 Å². The van der Waals surface area contributed by atoms with Gasteiger partial charge in [0, 0.05) is 30.7 Å². The summed E-state index contributed by atoms with van der Waals surface area (Å²) in [6.07, 6.45) is 1.32. The van der Waals surface area contributed by atoms with Crippen LogP contribution < -0.4 is 14.8 Å². The molecule has 0 aliphatic carbocycles. The average molecular weight is 451 g/mol. The summed E-state index contributed by atoms with van der Waals surface area (Å²) in [5.41, 5.74) is 2.14. The Hall–Kier alpha value is -3.02. The van der Waals surface area contributed by atoms with Gasteiger partial charge in [0.05, 0.1) is 13.5 Å². The van der Waals surface area contributed by atoms with Crippen molar-refractivity contribution < 1.29 is 14.3 Å². The maximum absolute atomic E-state index is 12.4. The third-order valence-corrected chi connectivity index (χ3v) is 5.77. The Bertz CT molecular complexity index is 1050. The smallest absolute Gasteiger partial charge is 0.224 e. The quantitative estimate of drug-likeness (QED) is 0.520. The maximum Gasteiger partial charge on any atom is 0.224 e. The van der Waals surface area contributed by atoms with Crippen molar-refractivity contribution in [3.63, 3.8) is 0 Å². The van der Waals surface area contributed by atoms with E-state index in [1.807, 2.05) is 60.7 Å². The third-order valence-electron chi connectivity index (χ3n) is 5.52. The lowest BCUT2D eigenvalue weighted by atomic mass is 10.1. The molecule has 166 valence electrons. The van der Waals surface area contributed by atoms with Crippen molar-refractivity contribution >= 4 is 17.5 Å². The Labute approximate surface area is 193 Å². The number of ether oxygens (including phenoxy) is 2. The molecule has 1 amide bonds. The number of carbonyl (C=O) groups is 1. The summed E-state index contributed by atoms with van der Waals surface area (Å²) in [5, 5.41) is 3.84. The van der Waals surface area contributed by atoms with Crippen LogP contribution >= 0.6 is 11.6 Å². The number of amides is 1. The highest BCUT2D eigenvalue weighted by molar-refractivity contribution is 6.30. The van der Waals surface area contributed by atoms with E-state index in [4.69, 9.17) is 21.1 Å². The topological polar surface area (TPSA) is 50.8 Å². The molecule has 5 nitrogen and oxygen atoms in total. The zero-order valence-electron chi connectivity index (χ0n) is 18.1. The van der Waals surface area contributed by atoms with Gasteiger partial charge >= 0.3 is 0 Å². The zero-order chi connectivity index (χ0) is 22.3. The summed E-state index contributed by atoms with van der Waals surface area (Å²) in [5.74, 6) is 2.22. The lowest BCUT2D eigenvalue weighted by molar-refractivity contribution is -0.121. The van der Waals surface area contributed by atoms with Crippen LogP contribution in [0, 0.1) is 0 Å². The summed E-state index contributed by atoms with van der Waals surface area (Å²) in [4.78, 5) is 14.8. The van der Waals surface area contributed by atoms with Crippen molar-refractivity contribution in [2.45, 2.75) is 25.4 Å². The van der Waals surface area contributed by atoms with Gasteiger partial charge in [-0.25, -0.2) is 0 Å². The van der Waals surface area contributed by atoms with Crippen LogP contribution in [-0.2, 0) is 17.8 Å². The van der Waals surface area contributed by atoms with Crippen LogP contribution in [0.3, 0.4) is 0 Å². The Kier molecular flexibility index (Phi) is 7.30. The molecular formula is C26H27ClN2O3. The molecule has 1 fully saturated rings. The van der Waals surface area contributed by atoms with E-state index in [0.717, 1.165) is 37.4 Å². The first-order valence-corrected chi connectivity index (χ1v) is 11.1. The number of hydrogen-bond acceptors (Lipinski definition) is 4. The molecule has 1 heterocycles. The number of rotatable bonds is 8. The van der Waals surface area contributed by atoms with Crippen molar-refractivity contribution in [1.29, 1.82) is 0 Å². The first-order valence-electron chi connectivity index (χ1n) is 10.7. The molecule has 0 radical (unpaired) electrons. The minimum absolute atomic E-state index is 0.0476. The highest BCUT2D eigenvalue weighted by Gasteiger charge is 2.24. The average Bonchev–Trinajstić information content (AvgIpc) is 3.22. The molecule has 6 heteroatoms. The SMILES string of the molecule is COc1ccccc1Oc1cccc(CN2CCC(NC(=O)Cc3ccc(Cl)cc3)C2)c1. The van der Waals surface area contributed by atoms with Crippen molar-refractivity contribution in [3.8, 4) is 17.2 Å². The highest BCUT2D eigenvalue weighted by Crippen LogP contribution is 2.31. The first-order chi connectivity index (χ1) is 15.6. The number of likely N-dealkylation sites (tertiary alicyclic amines) is 1. The summed E-state index contributed by atoms with van der Waals surface area (Å²) in [6, 6.07) is 23.3. The molecule has 1 unspecified atom stereocenters. The van der Waals surface area contributed by atoms with E-state index in [0.29, 0.717) is 22.9 Å². The van der Waals surface area contributed by atoms with E-state index in [2.05, 4.69) is 22.3 Å². The summed E-state index contributed by atoms with van der Waals surface area (Å²) < 4.78 is 11.4. The molecule has 4 rings (SSSR count). The monoisotopic (exact) mass is 450 g/mol. The Morgan fingerprint density at radius 2 is 1.81 bits per heavy atom. The van der Waals surface area contributed by atoms with E-state index in [-0.39, 0.29) is 11.9 Å². The molecular weight excluding hydrogens is 424 g/mol. The zero-order valence-corrected chi connectivity index (χ0v) is 18.8. The predicted molar refractivity (Wildman–Crippen MR) is 126 cm³/mol. The Balaban J connectivity index is 1.29. The minimum atomic E-state index is 0.0476. The lowest BCUT2D eigenvalue weighted by Crippen LogP contribution is -2.37. The molecule has 32 heavy (non-hydrogen) atoms. The van der Waals surface area contributed by atoms with Crippen molar-refractivity contribution in [3.05, 3.63) is 88.9 Å². The predicted octanol–water partition coefficient (Wildman–Crippen LogP) is 5.07. The molecule has 3 aromatic rings. The molecule has 3 aromatic carbocycles. The molecule has 1 saturated heterocycles. The molecule has 0 bridgehead atoms. The number of nitrogens with zero attached hydrogens (tertiary/aromatic N) is 1. The van der Waals surface area contributed by atoms with Gasteiger partial charge in [0.25, 0.3) is 0 Å². The van der Waals surface area contributed by atoms with E-state index < -0.39 is 0 Å². The second kappa shape index (κ2) is 10.5. The van der Waals surface area contributed by atoms with E-state index >= 15 is 0 Å². The number of halogens is 1. The number of benzene rings is 3. The molecule has 0 saturated carbocycles. The minimum Gasteiger partial charge on any atom is -0.493 e. The number of para-hydroxylation sites is 2. The number of methoxy groups -OCH3 is 1. The normalized spacial score (nSPS) is 16.0. The molecule has 1 N–H and O–H groups in total. The summed E-state index contributed by atoms with van der Waals surface area (Å²) in [7, 11) is 1.64. The fraction of sp³-hybridized carbons (Fsp3) is 0.269. The second-order valence-corrected chi connectivity index (χ2v) is 8.43. The van der Waals surface area contributed by atoms with Gasteiger partial charge < -0.3 is 14.8 Å². The fourth-order valence-corrected chi connectivity index (χ4v) is 4.08. The van der Waals surface area contributed by atoms with E-state index in [1.54, 1.807) is 7.11 Å². The fourth-order valence-electron chi connectivity index (χ4n) is 3.96. The lowest BCUT2D eigenvalue weighted by Gasteiger charge is -2.17. The van der Waals surface area contributed by atoms with Gasteiger partial charge in [-0.15, -0.1) is 0 Å². The molecule has 0 spiro atoms. The van der Waals surface area contributed by atoms with Crippen LogP contribution in [0.1, 0.15) is 17.5 Å². The standard InChI is InChI=1S/C26H27ClN2O3/c1-31-24-7-2-3-8-25(24)32-23-6-4-5-20(15-23)17-29-14-13-22(18-29)28-26(30)16-19-9-11-21(27)12-10-19/h2-12,15,22H,13-14,16-18H2,1H3,(H,28,30). The number of carbonyl (C=O) groups excluding carboxylic acids is 1. The Morgan fingerprint density at radius 3 is 2.59 bits per heavy atom. The third kappa shape index (κ3) is 6.02. The molecule has 1 aliphatic rings. The van der Waals surface area contributed by atoms with Crippen LogP contribution in [0.25, 0.3) is 0 Å². The van der Waals surface area contributed by atoms with Crippen LogP contribution in [0.2, 0.25) is 5.02 Å². The molecule has 0 aromatic heterocycles. The summed E-state index contributed by atoms with van der Waals surface area (Å²) >= 11 is 5.91. The van der Waals surface area contributed by atoms with Crippen LogP contribution in [0.15, 0.2) is 72.8 Å². The van der Waals surface area contributed by atoms with Crippen molar-refractivity contribution in [2.75, 3.05) is 20.2 Å². The summed E-state index contributed by atoms with van der Waals surface area (Å²) in [6.45, 7) is 2.60. The van der Waals surface area contributed by atoms with Crippen LogP contribution in [0.5, 0.6) is 17.2 Å². The second-order valence-electron chi connectivity index (χ2n) is 7.99. The maximum atomic E-state index is 12.4. The molecule has 1 atom stereocenters. The van der Waals surface area contributed by atoms with Gasteiger partial charge in [0.1, 0.15) is 5.75 Å². The first kappa shape index (κ1) is 22.2. The van der Waals surface area contributed by atoms with Gasteiger partial charge in [-0.2, -0.15) is 0 Å². The van der Waals surface area contributed by atoms with E-state index in [1.165, 1.54) is 5.56 Å². The molecule has 1 aliphatic heterocycles. The van der Waals surface area contributed by atoms with Crippen molar-refractivity contribution in [1.82, 2.24) is 10.2 Å². The Morgan fingerprint density at radius 1 is 1.03 bits per heavy atom. The van der Waals surface area contributed by atoms with Crippen LogP contribution in [-0.4, -0.2) is 37.0 Å². The van der Waals surface area contributed by atoms with Gasteiger partial charge in [0.2, 0.25) is 5.91 Å². The van der Waals surface area contributed by atoms with Crippen molar-refractivity contribution in [2.24, 2.45) is 0 Å². The van der Waals surface area contributed by atoms with E-state index in [9.17, 15) is 4.79 Å². The van der Waals surface area contributed by atoms with Gasteiger partial charge in [-0.1, -0.05) is 48.0 Å². The van der Waals surface area contributed by atoms with Gasteiger partial charge in [-0.05, 0) is 53.9 Å². The number of hydrogen-bond donors (Lipinski definition) is 1. The number of nitrogens with one attached hydrogen (secondary N) is 1. The van der Waals surface area contributed by atoms with Gasteiger partial charge in [-0.3, -0.25) is 9.69 Å². The highest BCUT2D eigenvalue weighted by atomic mass is 35.5. The van der Waals surface area contributed by atoms with Crippen LogP contribution in [0.4, 0.5) is 0 Å². The largest absolute Gasteiger partial charge is 0.493 e.